The highest BCUT2D eigenvalue weighted by atomic mass is 16.4. The van der Waals surface area contributed by atoms with Gasteiger partial charge in [0.15, 0.2) is 0 Å². The third-order valence-corrected chi connectivity index (χ3v) is 3.86. The van der Waals surface area contributed by atoms with Crippen LogP contribution in [-0.2, 0) is 4.79 Å². The molecular formula is C13H26N2O2. The van der Waals surface area contributed by atoms with Gasteiger partial charge in [-0.1, -0.05) is 13.3 Å². The van der Waals surface area contributed by atoms with Crippen LogP contribution >= 0.6 is 0 Å². The van der Waals surface area contributed by atoms with E-state index in [4.69, 9.17) is 0 Å². The molecular weight excluding hydrogens is 216 g/mol. The average Bonchev–Trinajstić information content (AvgIpc) is 2.28. The molecule has 1 heterocycles. The van der Waals surface area contributed by atoms with Crippen LogP contribution in [0.25, 0.3) is 0 Å². The summed E-state index contributed by atoms with van der Waals surface area (Å²) in [4.78, 5) is 16.0. The molecule has 0 bridgehead atoms. The molecule has 1 saturated heterocycles. The van der Waals surface area contributed by atoms with Crippen LogP contribution < -0.4 is 0 Å². The molecule has 0 radical (unpaired) electrons. The summed E-state index contributed by atoms with van der Waals surface area (Å²) in [5.41, 5.74) is -0.441. The lowest BCUT2D eigenvalue weighted by molar-refractivity contribution is -0.152. The van der Waals surface area contributed by atoms with Gasteiger partial charge in [0.05, 0.1) is 5.41 Å². The molecule has 100 valence electrons. The monoisotopic (exact) mass is 242 g/mol. The van der Waals surface area contributed by atoms with Gasteiger partial charge in [-0.3, -0.25) is 4.79 Å². The Morgan fingerprint density at radius 3 is 2.35 bits per heavy atom. The number of likely N-dealkylation sites (N-methyl/N-ethyl adjacent to an activating group) is 1. The van der Waals surface area contributed by atoms with Gasteiger partial charge in [0.25, 0.3) is 0 Å². The van der Waals surface area contributed by atoms with E-state index in [0.717, 1.165) is 51.9 Å². The van der Waals surface area contributed by atoms with E-state index >= 15 is 0 Å². The number of piperidine rings is 1. The number of rotatable bonds is 6. The Hall–Kier alpha value is -0.610. The molecule has 0 unspecified atom stereocenters. The summed E-state index contributed by atoms with van der Waals surface area (Å²) in [5, 5.41) is 9.40. The zero-order valence-corrected chi connectivity index (χ0v) is 11.4. The van der Waals surface area contributed by atoms with Crippen LogP contribution in [0.2, 0.25) is 0 Å². The second-order valence-corrected chi connectivity index (χ2v) is 5.48. The molecule has 1 fully saturated rings. The lowest BCUT2D eigenvalue weighted by Crippen LogP contribution is -2.45. The van der Waals surface area contributed by atoms with Crippen molar-refractivity contribution in [1.29, 1.82) is 0 Å². The molecule has 4 nitrogen and oxygen atoms in total. The molecule has 0 aromatic carbocycles. The number of aliphatic carboxylic acids is 1. The number of nitrogens with zero attached hydrogens (tertiary/aromatic N) is 2. The van der Waals surface area contributed by atoms with E-state index in [1.165, 1.54) is 0 Å². The van der Waals surface area contributed by atoms with Gasteiger partial charge in [-0.15, -0.1) is 0 Å². The first-order valence-corrected chi connectivity index (χ1v) is 6.60. The number of hydrogen-bond donors (Lipinski definition) is 1. The Morgan fingerprint density at radius 1 is 1.35 bits per heavy atom. The lowest BCUT2D eigenvalue weighted by atomic mass is 9.75. The Labute approximate surface area is 105 Å². The Bertz CT molecular complexity index is 246. The average molecular weight is 242 g/mol. The van der Waals surface area contributed by atoms with E-state index in [-0.39, 0.29) is 0 Å². The molecule has 17 heavy (non-hydrogen) atoms. The van der Waals surface area contributed by atoms with Crippen LogP contribution in [-0.4, -0.2) is 61.2 Å². The van der Waals surface area contributed by atoms with Crippen LogP contribution in [0.15, 0.2) is 0 Å². The number of carbonyl (C=O) groups is 1. The Balaban J connectivity index is 2.44. The summed E-state index contributed by atoms with van der Waals surface area (Å²) in [5.74, 6) is -0.591. The topological polar surface area (TPSA) is 43.8 Å². The summed E-state index contributed by atoms with van der Waals surface area (Å²) >= 11 is 0. The molecule has 1 aliphatic heterocycles. The minimum atomic E-state index is -0.591. The van der Waals surface area contributed by atoms with E-state index in [2.05, 4.69) is 30.8 Å². The van der Waals surface area contributed by atoms with Crippen LogP contribution in [0, 0.1) is 5.41 Å². The number of hydrogen-bond acceptors (Lipinski definition) is 3. The predicted molar refractivity (Wildman–Crippen MR) is 69.2 cm³/mol. The molecule has 1 rings (SSSR count). The van der Waals surface area contributed by atoms with Crippen LogP contribution in [0.3, 0.4) is 0 Å². The molecule has 1 N–H and O–H groups in total. The fraction of sp³-hybridized carbons (Fsp3) is 0.923. The largest absolute Gasteiger partial charge is 0.481 e. The van der Waals surface area contributed by atoms with E-state index in [9.17, 15) is 9.90 Å². The smallest absolute Gasteiger partial charge is 0.309 e. The molecule has 0 atom stereocenters. The van der Waals surface area contributed by atoms with Crippen LogP contribution in [0.5, 0.6) is 0 Å². The van der Waals surface area contributed by atoms with Gasteiger partial charge in [-0.25, -0.2) is 0 Å². The normalized spacial score (nSPS) is 20.7. The molecule has 0 aromatic rings. The number of carboxylic acids is 1. The van der Waals surface area contributed by atoms with E-state index in [1.54, 1.807) is 0 Å². The molecule has 1 aliphatic rings. The van der Waals surface area contributed by atoms with Crippen molar-refractivity contribution < 1.29 is 9.90 Å². The summed E-state index contributed by atoms with van der Waals surface area (Å²) < 4.78 is 0. The number of likely N-dealkylation sites (tertiary alicyclic amines) is 1. The first-order chi connectivity index (χ1) is 8.00. The molecule has 4 heteroatoms. The lowest BCUT2D eigenvalue weighted by Gasteiger charge is -2.39. The van der Waals surface area contributed by atoms with Crippen molar-refractivity contribution in [3.05, 3.63) is 0 Å². The Kier molecular flexibility index (Phi) is 5.40. The number of carboxylic acid groups (broad SMARTS) is 1. The third kappa shape index (κ3) is 3.96. The predicted octanol–water partition coefficient (Wildman–Crippen LogP) is 1.51. The van der Waals surface area contributed by atoms with Gasteiger partial charge >= 0.3 is 5.97 Å². The van der Waals surface area contributed by atoms with Crippen molar-refractivity contribution in [3.8, 4) is 0 Å². The molecule has 0 aliphatic carbocycles. The second kappa shape index (κ2) is 6.36. The summed E-state index contributed by atoms with van der Waals surface area (Å²) in [6.07, 6.45) is 3.40. The van der Waals surface area contributed by atoms with E-state index in [1.807, 2.05) is 0 Å². The fourth-order valence-corrected chi connectivity index (χ4v) is 2.60. The van der Waals surface area contributed by atoms with Crippen LogP contribution in [0.1, 0.15) is 32.6 Å². The van der Waals surface area contributed by atoms with Crippen molar-refractivity contribution in [2.75, 3.05) is 40.3 Å². The highest BCUT2D eigenvalue weighted by molar-refractivity contribution is 5.74. The van der Waals surface area contributed by atoms with Crippen molar-refractivity contribution in [2.24, 2.45) is 5.41 Å². The summed E-state index contributed by atoms with van der Waals surface area (Å²) in [7, 11) is 4.14. The van der Waals surface area contributed by atoms with Gasteiger partial charge in [0, 0.05) is 13.1 Å². The van der Waals surface area contributed by atoms with Gasteiger partial charge < -0.3 is 14.9 Å². The second-order valence-electron chi connectivity index (χ2n) is 5.48. The minimum absolute atomic E-state index is 0.441. The first kappa shape index (κ1) is 14.5. The maximum absolute atomic E-state index is 11.4. The maximum Gasteiger partial charge on any atom is 0.309 e. The van der Waals surface area contributed by atoms with Gasteiger partial charge in [0.1, 0.15) is 0 Å². The van der Waals surface area contributed by atoms with Crippen molar-refractivity contribution >= 4 is 5.97 Å². The fourth-order valence-electron chi connectivity index (χ4n) is 2.60. The zero-order chi connectivity index (χ0) is 12.9. The first-order valence-electron chi connectivity index (χ1n) is 6.60. The summed E-state index contributed by atoms with van der Waals surface area (Å²) in [6, 6.07) is 0. The van der Waals surface area contributed by atoms with Crippen LogP contribution in [0.4, 0.5) is 0 Å². The van der Waals surface area contributed by atoms with Gasteiger partial charge in [-0.05, 0) is 46.4 Å². The molecule has 0 amide bonds. The van der Waals surface area contributed by atoms with Crippen molar-refractivity contribution in [2.45, 2.75) is 32.6 Å². The quantitative estimate of drug-likeness (QED) is 0.767. The molecule has 0 saturated carbocycles. The molecule has 0 spiro atoms. The minimum Gasteiger partial charge on any atom is -0.481 e. The highest BCUT2D eigenvalue weighted by Crippen LogP contribution is 2.36. The van der Waals surface area contributed by atoms with E-state index < -0.39 is 11.4 Å². The van der Waals surface area contributed by atoms with Gasteiger partial charge in [-0.2, -0.15) is 0 Å². The zero-order valence-electron chi connectivity index (χ0n) is 11.4. The standard InChI is InChI=1S/C13H26N2O2/c1-4-5-13(12(16)17)6-8-15(9-7-13)11-10-14(2)3/h4-11H2,1-3H3,(H,16,17). The van der Waals surface area contributed by atoms with E-state index in [0.29, 0.717) is 0 Å². The summed E-state index contributed by atoms with van der Waals surface area (Å²) in [6.45, 7) is 6.03. The van der Waals surface area contributed by atoms with Crippen molar-refractivity contribution in [3.63, 3.8) is 0 Å². The SMILES string of the molecule is CCCC1(C(=O)O)CCN(CCN(C)C)CC1. The Morgan fingerprint density at radius 2 is 1.94 bits per heavy atom. The highest BCUT2D eigenvalue weighted by Gasteiger charge is 2.40. The molecule has 0 aromatic heterocycles. The maximum atomic E-state index is 11.4. The van der Waals surface area contributed by atoms with Gasteiger partial charge in [0.2, 0.25) is 0 Å². The van der Waals surface area contributed by atoms with Crippen molar-refractivity contribution in [1.82, 2.24) is 9.80 Å². The third-order valence-electron chi connectivity index (χ3n) is 3.86.